The number of thioether (sulfide) groups is 1. The van der Waals surface area contributed by atoms with E-state index in [1.165, 1.54) is 6.33 Å². The average molecular weight is 490 g/mol. The zero-order valence-electron chi connectivity index (χ0n) is 19.0. The van der Waals surface area contributed by atoms with Gasteiger partial charge in [-0.2, -0.15) is 5.10 Å². The molecule has 1 atom stereocenters. The molecule has 1 amide bonds. The fourth-order valence-corrected chi connectivity index (χ4v) is 5.63. The van der Waals surface area contributed by atoms with Crippen molar-refractivity contribution in [1.82, 2.24) is 24.6 Å². The Balaban J connectivity index is 1.40. The van der Waals surface area contributed by atoms with Crippen molar-refractivity contribution in [3.05, 3.63) is 89.1 Å². The Hall–Kier alpha value is -3.43. The lowest BCUT2D eigenvalue weighted by molar-refractivity contribution is 0.0711. The summed E-state index contributed by atoms with van der Waals surface area (Å²) in [6.45, 7) is 4.00. The number of amides is 1. The minimum atomic E-state index is -0.146. The molecule has 0 aliphatic rings. The van der Waals surface area contributed by atoms with Crippen LogP contribution in [0, 0.1) is 6.92 Å². The monoisotopic (exact) mass is 489 g/mol. The number of hydrogen-bond donors (Lipinski definition) is 0. The fraction of sp³-hybridized carbons (Fsp3) is 0.200. The lowest BCUT2D eigenvalue weighted by atomic mass is 10.1. The van der Waals surface area contributed by atoms with Gasteiger partial charge in [-0.15, -0.1) is 11.3 Å². The second-order valence-electron chi connectivity index (χ2n) is 7.97. The normalized spacial score (nSPS) is 12.2. The third-order valence-corrected chi connectivity index (χ3v) is 7.96. The molecule has 0 fully saturated rings. The number of thiazole rings is 1. The molecule has 1 unspecified atom stereocenters. The van der Waals surface area contributed by atoms with Gasteiger partial charge in [0.25, 0.3) is 5.91 Å². The fourth-order valence-electron chi connectivity index (χ4n) is 3.75. The number of aryl methyl sites for hydroxylation is 1. The molecule has 3 heterocycles. The molecule has 0 radical (unpaired) electrons. The van der Waals surface area contributed by atoms with E-state index >= 15 is 0 Å². The van der Waals surface area contributed by atoms with Crippen LogP contribution in [0.15, 0.2) is 75.3 Å². The van der Waals surface area contributed by atoms with Crippen LogP contribution in [0.2, 0.25) is 0 Å². The van der Waals surface area contributed by atoms with Gasteiger partial charge in [0.2, 0.25) is 0 Å². The Morgan fingerprint density at radius 1 is 1.21 bits per heavy atom. The van der Waals surface area contributed by atoms with E-state index in [1.54, 1.807) is 39.0 Å². The molecule has 172 valence electrons. The number of nitrogens with zero attached hydrogens (tertiary/aromatic N) is 5. The minimum Gasteiger partial charge on any atom is -0.451 e. The predicted octanol–water partition coefficient (Wildman–Crippen LogP) is 5.90. The molecular formula is C25H23N5O2S2. The van der Waals surface area contributed by atoms with E-state index in [9.17, 15) is 4.79 Å². The number of benzene rings is 2. The van der Waals surface area contributed by atoms with Gasteiger partial charge in [-0.1, -0.05) is 42.1 Å². The summed E-state index contributed by atoms with van der Waals surface area (Å²) >= 11 is 3.24. The van der Waals surface area contributed by atoms with Crippen LogP contribution in [-0.4, -0.2) is 37.6 Å². The smallest absolute Gasteiger partial charge is 0.290 e. The van der Waals surface area contributed by atoms with Crippen molar-refractivity contribution < 1.29 is 9.21 Å². The zero-order valence-corrected chi connectivity index (χ0v) is 20.6. The highest BCUT2D eigenvalue weighted by Crippen LogP contribution is 2.34. The van der Waals surface area contributed by atoms with Gasteiger partial charge in [0.15, 0.2) is 5.76 Å². The molecule has 5 rings (SSSR count). The first-order valence-corrected chi connectivity index (χ1v) is 12.6. The molecule has 0 saturated carbocycles. The molecule has 2 aromatic carbocycles. The average Bonchev–Trinajstić information content (AvgIpc) is 3.61. The van der Waals surface area contributed by atoms with Crippen LogP contribution in [-0.2, 0) is 5.75 Å². The highest BCUT2D eigenvalue weighted by Gasteiger charge is 2.26. The standard InChI is InChI=1S/C25H23N5O2S2/c1-16-12-33-25(28-16)34-13-21-20-6-4-5-7-22(20)32-23(21)24(31)29(3)17(2)18-8-10-19(11-9-18)30-15-26-14-27-30/h4-12,14-15,17H,13H2,1-3H3. The van der Waals surface area contributed by atoms with Gasteiger partial charge in [-0.25, -0.2) is 14.6 Å². The van der Waals surface area contributed by atoms with Gasteiger partial charge < -0.3 is 9.32 Å². The maximum atomic E-state index is 13.6. The molecule has 0 N–H and O–H groups in total. The Labute approximate surface area is 205 Å². The van der Waals surface area contributed by atoms with Crippen molar-refractivity contribution in [2.24, 2.45) is 0 Å². The van der Waals surface area contributed by atoms with Crippen molar-refractivity contribution in [2.75, 3.05) is 7.05 Å². The summed E-state index contributed by atoms with van der Waals surface area (Å²) in [6.07, 6.45) is 3.16. The molecule has 0 aliphatic heterocycles. The lowest BCUT2D eigenvalue weighted by Gasteiger charge is -2.25. The van der Waals surface area contributed by atoms with Crippen LogP contribution in [0.1, 0.15) is 40.3 Å². The number of furan rings is 1. The summed E-state index contributed by atoms with van der Waals surface area (Å²) in [5.74, 6) is 0.852. The molecule has 0 saturated heterocycles. The van der Waals surface area contributed by atoms with E-state index in [2.05, 4.69) is 15.1 Å². The number of fused-ring (bicyclic) bond motifs is 1. The highest BCUT2D eigenvalue weighted by atomic mass is 32.2. The molecule has 7 nitrogen and oxygen atoms in total. The lowest BCUT2D eigenvalue weighted by Crippen LogP contribution is -2.30. The van der Waals surface area contributed by atoms with Crippen molar-refractivity contribution in [2.45, 2.75) is 30.0 Å². The maximum Gasteiger partial charge on any atom is 0.290 e. The van der Waals surface area contributed by atoms with Gasteiger partial charge in [0.05, 0.1) is 11.7 Å². The van der Waals surface area contributed by atoms with Gasteiger partial charge in [-0.05, 0) is 37.6 Å². The molecule has 0 bridgehead atoms. The quantitative estimate of drug-likeness (QED) is 0.265. The Morgan fingerprint density at radius 3 is 2.71 bits per heavy atom. The summed E-state index contributed by atoms with van der Waals surface area (Å²) in [7, 11) is 1.81. The SMILES string of the molecule is Cc1csc(SCc2c(C(=O)N(C)C(C)c3ccc(-n4cncn4)cc3)oc3ccccc23)n1. The Kier molecular flexibility index (Phi) is 6.21. The number of hydrogen-bond acceptors (Lipinski definition) is 7. The topological polar surface area (TPSA) is 77.0 Å². The zero-order chi connectivity index (χ0) is 23.7. The molecule has 34 heavy (non-hydrogen) atoms. The highest BCUT2D eigenvalue weighted by molar-refractivity contribution is 8.00. The van der Waals surface area contributed by atoms with Gasteiger partial charge in [-0.3, -0.25) is 4.79 Å². The molecular weight excluding hydrogens is 466 g/mol. The molecule has 3 aromatic heterocycles. The minimum absolute atomic E-state index is 0.144. The van der Waals surface area contributed by atoms with Crippen molar-refractivity contribution in [3.63, 3.8) is 0 Å². The van der Waals surface area contributed by atoms with Gasteiger partial charge in [0, 0.05) is 34.8 Å². The van der Waals surface area contributed by atoms with E-state index in [4.69, 9.17) is 4.42 Å². The largest absolute Gasteiger partial charge is 0.451 e. The number of carbonyl (C=O) groups excluding carboxylic acids is 1. The summed E-state index contributed by atoms with van der Waals surface area (Å²) < 4.78 is 8.77. The summed E-state index contributed by atoms with van der Waals surface area (Å²) in [6, 6.07) is 15.6. The summed E-state index contributed by atoms with van der Waals surface area (Å²) in [5.41, 5.74) is 4.56. The van der Waals surface area contributed by atoms with Crippen molar-refractivity contribution in [1.29, 1.82) is 0 Å². The van der Waals surface area contributed by atoms with Crippen LogP contribution in [0.4, 0.5) is 0 Å². The molecule has 0 aliphatic carbocycles. The number of aromatic nitrogens is 4. The van der Waals surface area contributed by atoms with E-state index < -0.39 is 0 Å². The molecule has 9 heteroatoms. The predicted molar refractivity (Wildman–Crippen MR) is 134 cm³/mol. The van der Waals surface area contributed by atoms with Crippen LogP contribution in [0.25, 0.3) is 16.7 Å². The Morgan fingerprint density at radius 2 is 2.00 bits per heavy atom. The van der Waals surface area contributed by atoms with Crippen LogP contribution >= 0.6 is 23.1 Å². The van der Waals surface area contributed by atoms with E-state index in [0.29, 0.717) is 11.5 Å². The summed E-state index contributed by atoms with van der Waals surface area (Å²) in [5, 5.41) is 7.15. The number of para-hydroxylation sites is 1. The van der Waals surface area contributed by atoms with Crippen LogP contribution < -0.4 is 0 Å². The number of rotatable bonds is 7. The van der Waals surface area contributed by atoms with Crippen LogP contribution in [0.3, 0.4) is 0 Å². The van der Waals surface area contributed by atoms with Crippen molar-refractivity contribution >= 4 is 40.0 Å². The van der Waals surface area contributed by atoms with Crippen molar-refractivity contribution in [3.8, 4) is 5.69 Å². The van der Waals surface area contributed by atoms with Gasteiger partial charge >= 0.3 is 0 Å². The first-order valence-electron chi connectivity index (χ1n) is 10.8. The third kappa shape index (κ3) is 4.36. The van der Waals surface area contributed by atoms with Crippen LogP contribution in [0.5, 0.6) is 0 Å². The Bertz CT molecular complexity index is 1420. The maximum absolute atomic E-state index is 13.6. The number of carbonyl (C=O) groups is 1. The summed E-state index contributed by atoms with van der Waals surface area (Å²) in [4.78, 5) is 23.9. The van der Waals surface area contributed by atoms with E-state index in [1.807, 2.05) is 74.8 Å². The first-order chi connectivity index (χ1) is 16.5. The second kappa shape index (κ2) is 9.44. The molecule has 5 aromatic rings. The third-order valence-electron chi connectivity index (χ3n) is 5.79. The molecule has 0 spiro atoms. The second-order valence-corrected chi connectivity index (χ2v) is 10.1. The van der Waals surface area contributed by atoms with E-state index in [-0.39, 0.29) is 11.9 Å². The van der Waals surface area contributed by atoms with Gasteiger partial charge in [0.1, 0.15) is 22.6 Å². The van der Waals surface area contributed by atoms with E-state index in [0.717, 1.165) is 37.8 Å². The first kappa shape index (κ1) is 22.4.